The molecular formula is C13H19N3O. The highest BCUT2D eigenvalue weighted by Gasteiger charge is 2.25. The SMILES string of the molecule is CCCn1cc2c(n1)CCC(=CN(C)C)C2=O. The highest BCUT2D eigenvalue weighted by Crippen LogP contribution is 2.24. The number of allylic oxidation sites excluding steroid dienone is 1. The van der Waals surface area contributed by atoms with Crippen molar-refractivity contribution in [3.05, 3.63) is 29.2 Å². The number of aromatic nitrogens is 2. The van der Waals surface area contributed by atoms with Crippen LogP contribution in [0.2, 0.25) is 0 Å². The number of Topliss-reactive ketones (excluding diaryl/α,β-unsaturated/α-hetero) is 1. The standard InChI is InChI=1S/C13H19N3O/c1-4-7-16-9-11-12(14-16)6-5-10(13(11)17)8-15(2)3/h8-9H,4-7H2,1-3H3. The fourth-order valence-corrected chi connectivity index (χ4v) is 2.15. The third-order valence-corrected chi connectivity index (χ3v) is 2.87. The molecule has 0 unspecified atom stereocenters. The maximum Gasteiger partial charge on any atom is 0.193 e. The topological polar surface area (TPSA) is 38.1 Å². The molecule has 0 N–H and O–H groups in total. The van der Waals surface area contributed by atoms with Gasteiger partial charge in [-0.05, 0) is 19.3 Å². The molecule has 0 saturated heterocycles. The summed E-state index contributed by atoms with van der Waals surface area (Å²) < 4.78 is 1.89. The number of carbonyl (C=O) groups excluding carboxylic acids is 1. The Labute approximate surface area is 102 Å². The van der Waals surface area contributed by atoms with E-state index < -0.39 is 0 Å². The Balaban J connectivity index is 2.29. The molecule has 1 aromatic heterocycles. The van der Waals surface area contributed by atoms with Crippen LogP contribution in [0.5, 0.6) is 0 Å². The second-order valence-electron chi connectivity index (χ2n) is 4.70. The first-order chi connectivity index (χ1) is 8.11. The van der Waals surface area contributed by atoms with Gasteiger partial charge in [0.15, 0.2) is 5.78 Å². The van der Waals surface area contributed by atoms with E-state index in [1.807, 2.05) is 36.1 Å². The average molecular weight is 233 g/mol. The van der Waals surface area contributed by atoms with Crippen molar-refractivity contribution in [1.82, 2.24) is 14.7 Å². The van der Waals surface area contributed by atoms with Crippen LogP contribution in [0.25, 0.3) is 0 Å². The van der Waals surface area contributed by atoms with Crippen molar-refractivity contribution in [2.45, 2.75) is 32.7 Å². The number of rotatable bonds is 3. The van der Waals surface area contributed by atoms with Gasteiger partial charge in [0, 0.05) is 38.6 Å². The van der Waals surface area contributed by atoms with E-state index in [1.54, 1.807) is 0 Å². The van der Waals surface area contributed by atoms with Crippen molar-refractivity contribution in [2.24, 2.45) is 0 Å². The van der Waals surface area contributed by atoms with Crippen LogP contribution in [0, 0.1) is 0 Å². The van der Waals surface area contributed by atoms with Crippen molar-refractivity contribution in [2.75, 3.05) is 14.1 Å². The first-order valence-corrected chi connectivity index (χ1v) is 6.10. The van der Waals surface area contributed by atoms with Crippen LogP contribution in [0.4, 0.5) is 0 Å². The van der Waals surface area contributed by atoms with Crippen molar-refractivity contribution < 1.29 is 4.79 Å². The fraction of sp³-hybridized carbons (Fsp3) is 0.538. The lowest BCUT2D eigenvalue weighted by atomic mass is 9.92. The molecule has 0 atom stereocenters. The minimum atomic E-state index is 0.141. The summed E-state index contributed by atoms with van der Waals surface area (Å²) in [6.45, 7) is 2.99. The molecule has 1 aromatic rings. The van der Waals surface area contributed by atoms with Gasteiger partial charge < -0.3 is 4.90 Å². The number of fused-ring (bicyclic) bond motifs is 1. The van der Waals surface area contributed by atoms with Gasteiger partial charge in [0.25, 0.3) is 0 Å². The zero-order valence-electron chi connectivity index (χ0n) is 10.7. The summed E-state index contributed by atoms with van der Waals surface area (Å²) in [4.78, 5) is 14.1. The minimum absolute atomic E-state index is 0.141. The lowest BCUT2D eigenvalue weighted by Gasteiger charge is -2.14. The van der Waals surface area contributed by atoms with Crippen LogP contribution >= 0.6 is 0 Å². The predicted molar refractivity (Wildman–Crippen MR) is 66.9 cm³/mol. The summed E-state index contributed by atoms with van der Waals surface area (Å²) in [5.41, 5.74) is 2.63. The summed E-state index contributed by atoms with van der Waals surface area (Å²) in [6.07, 6.45) is 6.52. The van der Waals surface area contributed by atoms with Crippen LogP contribution in [0.1, 0.15) is 35.8 Å². The molecule has 1 aliphatic carbocycles. The van der Waals surface area contributed by atoms with E-state index in [0.29, 0.717) is 0 Å². The monoisotopic (exact) mass is 233 g/mol. The summed E-state index contributed by atoms with van der Waals surface area (Å²) in [5.74, 6) is 0.141. The predicted octanol–water partition coefficient (Wildman–Crippen LogP) is 1.87. The zero-order valence-corrected chi connectivity index (χ0v) is 10.7. The van der Waals surface area contributed by atoms with Crippen LogP contribution in [0.15, 0.2) is 18.0 Å². The van der Waals surface area contributed by atoms with Crippen LogP contribution in [-0.2, 0) is 13.0 Å². The molecule has 0 aliphatic heterocycles. The van der Waals surface area contributed by atoms with Crippen LogP contribution in [0.3, 0.4) is 0 Å². The molecule has 2 rings (SSSR count). The molecular weight excluding hydrogens is 214 g/mol. The van der Waals surface area contributed by atoms with E-state index >= 15 is 0 Å². The smallest absolute Gasteiger partial charge is 0.193 e. The second kappa shape index (κ2) is 4.73. The summed E-state index contributed by atoms with van der Waals surface area (Å²) in [6, 6.07) is 0. The summed E-state index contributed by atoms with van der Waals surface area (Å²) in [7, 11) is 3.88. The number of nitrogens with zero attached hydrogens (tertiary/aromatic N) is 3. The Hall–Kier alpha value is -1.58. The lowest BCUT2D eigenvalue weighted by Crippen LogP contribution is -2.16. The zero-order chi connectivity index (χ0) is 12.4. The van der Waals surface area contributed by atoms with Crippen molar-refractivity contribution in [3.63, 3.8) is 0 Å². The van der Waals surface area contributed by atoms with E-state index in [1.165, 1.54) is 0 Å². The van der Waals surface area contributed by atoms with Crippen LogP contribution in [-0.4, -0.2) is 34.6 Å². The molecule has 4 nitrogen and oxygen atoms in total. The molecule has 0 fully saturated rings. The molecule has 92 valence electrons. The Bertz CT molecular complexity index is 457. The second-order valence-corrected chi connectivity index (χ2v) is 4.70. The summed E-state index contributed by atoms with van der Waals surface area (Å²) in [5, 5.41) is 4.46. The van der Waals surface area contributed by atoms with Gasteiger partial charge in [0.2, 0.25) is 0 Å². The van der Waals surface area contributed by atoms with E-state index in [4.69, 9.17) is 0 Å². The van der Waals surface area contributed by atoms with Gasteiger partial charge >= 0.3 is 0 Å². The van der Waals surface area contributed by atoms with Gasteiger partial charge in [-0.25, -0.2) is 0 Å². The van der Waals surface area contributed by atoms with Crippen molar-refractivity contribution in [1.29, 1.82) is 0 Å². The Kier molecular flexibility index (Phi) is 3.31. The van der Waals surface area contributed by atoms with E-state index in [2.05, 4.69) is 12.0 Å². The number of ketones is 1. The highest BCUT2D eigenvalue weighted by atomic mass is 16.1. The highest BCUT2D eigenvalue weighted by molar-refractivity contribution is 6.10. The maximum atomic E-state index is 12.2. The van der Waals surface area contributed by atoms with Crippen molar-refractivity contribution in [3.8, 4) is 0 Å². The maximum absolute atomic E-state index is 12.2. The van der Waals surface area contributed by atoms with Gasteiger partial charge in [-0.2, -0.15) is 5.10 Å². The molecule has 17 heavy (non-hydrogen) atoms. The normalized spacial score (nSPS) is 17.4. The average Bonchev–Trinajstić information content (AvgIpc) is 2.66. The van der Waals surface area contributed by atoms with Gasteiger partial charge in [0.1, 0.15) is 0 Å². The van der Waals surface area contributed by atoms with Gasteiger partial charge in [-0.1, -0.05) is 6.92 Å². The molecule has 0 spiro atoms. The third-order valence-electron chi connectivity index (χ3n) is 2.87. The van der Waals surface area contributed by atoms with Crippen molar-refractivity contribution >= 4 is 5.78 Å². The number of hydrogen-bond acceptors (Lipinski definition) is 3. The lowest BCUT2D eigenvalue weighted by molar-refractivity contribution is 0.102. The summed E-state index contributed by atoms with van der Waals surface area (Å²) >= 11 is 0. The van der Waals surface area contributed by atoms with E-state index in [9.17, 15) is 4.79 Å². The molecule has 1 aliphatic rings. The van der Waals surface area contributed by atoms with E-state index in [-0.39, 0.29) is 5.78 Å². The third kappa shape index (κ3) is 2.40. The Morgan fingerprint density at radius 1 is 1.47 bits per heavy atom. The van der Waals surface area contributed by atoms with Gasteiger partial charge in [-0.3, -0.25) is 9.48 Å². The number of aryl methyl sites for hydroxylation is 2. The molecule has 0 radical (unpaired) electrons. The van der Waals surface area contributed by atoms with E-state index in [0.717, 1.165) is 42.6 Å². The number of hydrogen-bond donors (Lipinski definition) is 0. The van der Waals surface area contributed by atoms with Gasteiger partial charge in [0.05, 0.1) is 11.3 Å². The number of carbonyl (C=O) groups is 1. The quantitative estimate of drug-likeness (QED) is 0.748. The van der Waals surface area contributed by atoms with Gasteiger partial charge in [-0.15, -0.1) is 0 Å². The largest absolute Gasteiger partial charge is 0.383 e. The molecule has 0 aromatic carbocycles. The Morgan fingerprint density at radius 2 is 2.24 bits per heavy atom. The Morgan fingerprint density at radius 3 is 2.88 bits per heavy atom. The first kappa shape index (κ1) is 11.9. The molecule has 1 heterocycles. The molecule has 0 saturated carbocycles. The molecule has 4 heteroatoms. The fourth-order valence-electron chi connectivity index (χ4n) is 2.15. The minimum Gasteiger partial charge on any atom is -0.383 e. The van der Waals surface area contributed by atoms with Crippen LogP contribution < -0.4 is 0 Å². The molecule has 0 bridgehead atoms. The first-order valence-electron chi connectivity index (χ1n) is 6.10. The molecule has 0 amide bonds.